The second-order valence-corrected chi connectivity index (χ2v) is 6.75. The molecule has 7 nitrogen and oxygen atoms in total. The molecule has 1 saturated heterocycles. The van der Waals surface area contributed by atoms with Crippen molar-refractivity contribution in [3.05, 3.63) is 11.9 Å². The van der Waals surface area contributed by atoms with Gasteiger partial charge in [-0.3, -0.25) is 0 Å². The first kappa shape index (κ1) is 20.3. The van der Waals surface area contributed by atoms with Crippen molar-refractivity contribution in [2.45, 2.75) is 59.4 Å². The summed E-state index contributed by atoms with van der Waals surface area (Å²) in [7, 11) is 0. The second kappa shape index (κ2) is 10.2. The van der Waals surface area contributed by atoms with Gasteiger partial charge in [0, 0.05) is 38.3 Å². The summed E-state index contributed by atoms with van der Waals surface area (Å²) in [4.78, 5) is 25.1. The molecular formula is C19H33N5O2. The van der Waals surface area contributed by atoms with Crippen LogP contribution in [0, 0.1) is 6.92 Å². The molecule has 7 heteroatoms. The molecule has 0 spiro atoms. The van der Waals surface area contributed by atoms with E-state index in [-0.39, 0.29) is 6.09 Å². The van der Waals surface area contributed by atoms with E-state index in [2.05, 4.69) is 40.1 Å². The first-order valence-electron chi connectivity index (χ1n) is 9.86. The number of likely N-dealkylation sites (tertiary alicyclic amines) is 1. The molecule has 0 saturated carbocycles. The third-order valence-electron chi connectivity index (χ3n) is 4.51. The monoisotopic (exact) mass is 363 g/mol. The predicted molar refractivity (Wildman–Crippen MR) is 105 cm³/mol. The Bertz CT molecular complexity index is 567. The summed E-state index contributed by atoms with van der Waals surface area (Å²) in [6.07, 6.45) is 3.77. The minimum atomic E-state index is -0.208. The second-order valence-electron chi connectivity index (χ2n) is 6.75. The molecule has 2 rings (SSSR count). The molecule has 2 heterocycles. The fourth-order valence-corrected chi connectivity index (χ4v) is 3.30. The van der Waals surface area contributed by atoms with Crippen LogP contribution in [0.15, 0.2) is 6.07 Å². The maximum atomic E-state index is 11.8. The molecular weight excluding hydrogens is 330 g/mol. The predicted octanol–water partition coefficient (Wildman–Crippen LogP) is 3.44. The molecule has 1 N–H and O–H groups in total. The zero-order valence-electron chi connectivity index (χ0n) is 16.6. The van der Waals surface area contributed by atoms with E-state index in [0.717, 1.165) is 56.2 Å². The summed E-state index contributed by atoms with van der Waals surface area (Å²) >= 11 is 0. The van der Waals surface area contributed by atoms with Gasteiger partial charge in [0.2, 0.25) is 0 Å². The Morgan fingerprint density at radius 2 is 1.88 bits per heavy atom. The number of piperidine rings is 1. The molecule has 0 atom stereocenters. The standard InChI is InChI=1S/C19H33N5O2/c1-5-10-23(11-6-2)18-14-17(20-15(4)21-18)22-16-8-12-24(13-9-16)19(25)26-7-3/h14,16H,5-13H2,1-4H3,(H,20,21,22). The average molecular weight is 364 g/mol. The smallest absolute Gasteiger partial charge is 0.409 e. The Morgan fingerprint density at radius 3 is 2.46 bits per heavy atom. The van der Waals surface area contributed by atoms with Crippen molar-refractivity contribution in [2.75, 3.05) is 43.0 Å². The van der Waals surface area contributed by atoms with Crippen molar-refractivity contribution >= 4 is 17.7 Å². The van der Waals surface area contributed by atoms with Gasteiger partial charge in [-0.1, -0.05) is 13.8 Å². The Kier molecular flexibility index (Phi) is 7.94. The van der Waals surface area contributed by atoms with E-state index in [0.29, 0.717) is 25.7 Å². The zero-order chi connectivity index (χ0) is 18.9. The number of rotatable bonds is 8. The topological polar surface area (TPSA) is 70.6 Å². The van der Waals surface area contributed by atoms with Crippen LogP contribution in [0.4, 0.5) is 16.4 Å². The normalized spacial score (nSPS) is 15.0. The number of ether oxygens (including phenoxy) is 1. The molecule has 1 aliphatic rings. The van der Waals surface area contributed by atoms with Crippen LogP contribution in [-0.4, -0.2) is 59.8 Å². The lowest BCUT2D eigenvalue weighted by molar-refractivity contribution is 0.0983. The maximum Gasteiger partial charge on any atom is 0.409 e. The van der Waals surface area contributed by atoms with Crippen molar-refractivity contribution in [3.8, 4) is 0 Å². The lowest BCUT2D eigenvalue weighted by Crippen LogP contribution is -2.42. The van der Waals surface area contributed by atoms with Crippen LogP contribution in [-0.2, 0) is 4.74 Å². The van der Waals surface area contributed by atoms with Gasteiger partial charge in [-0.05, 0) is 39.5 Å². The van der Waals surface area contributed by atoms with Crippen LogP contribution >= 0.6 is 0 Å². The van der Waals surface area contributed by atoms with Crippen LogP contribution in [0.25, 0.3) is 0 Å². The summed E-state index contributed by atoms with van der Waals surface area (Å²) in [6.45, 7) is 12.0. The number of nitrogens with one attached hydrogen (secondary N) is 1. The van der Waals surface area contributed by atoms with Crippen LogP contribution < -0.4 is 10.2 Å². The summed E-state index contributed by atoms with van der Waals surface area (Å²) < 4.78 is 5.08. The van der Waals surface area contributed by atoms with Crippen molar-refractivity contribution < 1.29 is 9.53 Å². The van der Waals surface area contributed by atoms with E-state index in [9.17, 15) is 4.79 Å². The van der Waals surface area contributed by atoms with Gasteiger partial charge in [-0.15, -0.1) is 0 Å². The number of nitrogens with zero attached hydrogens (tertiary/aromatic N) is 4. The number of hydrogen-bond donors (Lipinski definition) is 1. The SMILES string of the molecule is CCCN(CCC)c1cc(NC2CCN(C(=O)OCC)CC2)nc(C)n1. The van der Waals surface area contributed by atoms with Crippen LogP contribution in [0.2, 0.25) is 0 Å². The van der Waals surface area contributed by atoms with Gasteiger partial charge in [-0.25, -0.2) is 14.8 Å². The molecule has 0 bridgehead atoms. The van der Waals surface area contributed by atoms with Gasteiger partial charge < -0.3 is 19.9 Å². The molecule has 0 aliphatic carbocycles. The van der Waals surface area contributed by atoms with Gasteiger partial charge >= 0.3 is 6.09 Å². The molecule has 1 aromatic rings. The zero-order valence-corrected chi connectivity index (χ0v) is 16.6. The van der Waals surface area contributed by atoms with Gasteiger partial charge in [0.1, 0.15) is 17.5 Å². The van der Waals surface area contributed by atoms with E-state index < -0.39 is 0 Å². The lowest BCUT2D eigenvalue weighted by atomic mass is 10.1. The highest BCUT2D eigenvalue weighted by Gasteiger charge is 2.24. The number of anilines is 2. The molecule has 146 valence electrons. The highest BCUT2D eigenvalue weighted by atomic mass is 16.6. The molecule has 1 aromatic heterocycles. The van der Waals surface area contributed by atoms with E-state index in [4.69, 9.17) is 4.74 Å². The van der Waals surface area contributed by atoms with Crippen LogP contribution in [0.1, 0.15) is 52.3 Å². The molecule has 0 aromatic carbocycles. The molecule has 1 aliphatic heterocycles. The van der Waals surface area contributed by atoms with Crippen molar-refractivity contribution in [3.63, 3.8) is 0 Å². The first-order valence-corrected chi connectivity index (χ1v) is 9.86. The molecule has 0 radical (unpaired) electrons. The first-order chi connectivity index (χ1) is 12.6. The highest BCUT2D eigenvalue weighted by Crippen LogP contribution is 2.20. The summed E-state index contributed by atoms with van der Waals surface area (Å²) in [6, 6.07) is 2.37. The lowest BCUT2D eigenvalue weighted by Gasteiger charge is -2.32. The summed E-state index contributed by atoms with van der Waals surface area (Å²) in [5.74, 6) is 2.65. The van der Waals surface area contributed by atoms with Crippen molar-refractivity contribution in [1.82, 2.24) is 14.9 Å². The molecule has 1 amide bonds. The van der Waals surface area contributed by atoms with Gasteiger partial charge in [-0.2, -0.15) is 0 Å². The number of hydrogen-bond acceptors (Lipinski definition) is 6. The number of aromatic nitrogens is 2. The average Bonchev–Trinajstić information content (AvgIpc) is 2.62. The van der Waals surface area contributed by atoms with Crippen LogP contribution in [0.3, 0.4) is 0 Å². The number of carbonyl (C=O) groups excluding carboxylic acids is 1. The Labute approximate surface area is 157 Å². The minimum absolute atomic E-state index is 0.208. The van der Waals surface area contributed by atoms with E-state index in [1.165, 1.54) is 0 Å². The highest BCUT2D eigenvalue weighted by molar-refractivity contribution is 5.67. The van der Waals surface area contributed by atoms with E-state index in [1.54, 1.807) is 4.90 Å². The molecule has 1 fully saturated rings. The third kappa shape index (κ3) is 5.75. The Balaban J connectivity index is 1.98. The minimum Gasteiger partial charge on any atom is -0.450 e. The van der Waals surface area contributed by atoms with E-state index in [1.807, 2.05) is 13.8 Å². The maximum absolute atomic E-state index is 11.8. The van der Waals surface area contributed by atoms with Crippen molar-refractivity contribution in [2.24, 2.45) is 0 Å². The van der Waals surface area contributed by atoms with Gasteiger partial charge in [0.05, 0.1) is 6.61 Å². The van der Waals surface area contributed by atoms with Crippen LogP contribution in [0.5, 0.6) is 0 Å². The number of carbonyl (C=O) groups is 1. The molecule has 0 unspecified atom stereocenters. The largest absolute Gasteiger partial charge is 0.450 e. The number of amides is 1. The van der Waals surface area contributed by atoms with E-state index >= 15 is 0 Å². The quantitative estimate of drug-likeness (QED) is 0.763. The van der Waals surface area contributed by atoms with Crippen molar-refractivity contribution in [1.29, 1.82) is 0 Å². The fraction of sp³-hybridized carbons (Fsp3) is 0.737. The van der Waals surface area contributed by atoms with Gasteiger partial charge in [0.25, 0.3) is 0 Å². The van der Waals surface area contributed by atoms with Gasteiger partial charge in [0.15, 0.2) is 0 Å². The molecule has 26 heavy (non-hydrogen) atoms. The summed E-state index contributed by atoms with van der Waals surface area (Å²) in [5, 5.41) is 3.54. The Morgan fingerprint density at radius 1 is 1.23 bits per heavy atom. The Hall–Kier alpha value is -2.05. The number of aryl methyl sites for hydroxylation is 1. The summed E-state index contributed by atoms with van der Waals surface area (Å²) in [5.41, 5.74) is 0. The third-order valence-corrected chi connectivity index (χ3v) is 4.51. The fourth-order valence-electron chi connectivity index (χ4n) is 3.30.